The number of hydrogen-bond acceptors (Lipinski definition) is 6. The molecule has 3 rings (SSSR count). The lowest BCUT2D eigenvalue weighted by molar-refractivity contribution is 0.174. The average Bonchev–Trinajstić information content (AvgIpc) is 2.94. The number of nitrogens with zero attached hydrogens (tertiary/aromatic N) is 2. The van der Waals surface area contributed by atoms with Crippen LogP contribution in [0.4, 0.5) is 5.69 Å². The van der Waals surface area contributed by atoms with E-state index in [0.29, 0.717) is 17.2 Å². The number of benzene rings is 2. The first-order chi connectivity index (χ1) is 10.4. The highest BCUT2D eigenvalue weighted by atomic mass is 32.2. The van der Waals surface area contributed by atoms with Crippen molar-refractivity contribution in [2.75, 3.05) is 6.79 Å². The fourth-order valence-electron chi connectivity index (χ4n) is 1.65. The van der Waals surface area contributed by atoms with E-state index in [1.807, 2.05) is 6.92 Å². The normalized spacial score (nSPS) is 12.0. The van der Waals surface area contributed by atoms with Crippen LogP contribution in [0.5, 0.6) is 11.5 Å². The molecule has 0 N–H and O–H groups in total. The SMILES string of the molecule is Cc1ccc(S(=O)(=O)[O-])cc1.N#[N+]c1ccc2c(c1)OCO2. The Morgan fingerprint density at radius 2 is 1.73 bits per heavy atom. The molecule has 0 unspecified atom stereocenters. The summed E-state index contributed by atoms with van der Waals surface area (Å²) >= 11 is 0. The molecule has 1 aliphatic rings. The Kier molecular flexibility index (Phi) is 4.60. The molecular weight excluding hydrogens is 308 g/mol. The average molecular weight is 320 g/mol. The van der Waals surface area contributed by atoms with E-state index >= 15 is 0 Å². The molecule has 0 aromatic heterocycles. The van der Waals surface area contributed by atoms with Crippen LogP contribution in [-0.4, -0.2) is 19.8 Å². The van der Waals surface area contributed by atoms with Crippen LogP contribution < -0.4 is 9.47 Å². The third-order valence-electron chi connectivity index (χ3n) is 2.78. The van der Waals surface area contributed by atoms with E-state index in [-0.39, 0.29) is 11.7 Å². The van der Waals surface area contributed by atoms with Crippen LogP contribution in [-0.2, 0) is 10.1 Å². The minimum absolute atomic E-state index is 0.178. The maximum absolute atomic E-state index is 10.4. The third-order valence-corrected chi connectivity index (χ3v) is 3.63. The second-order valence-electron chi connectivity index (χ2n) is 4.40. The molecule has 0 saturated carbocycles. The molecular formula is C14H12N2O5S. The Morgan fingerprint density at radius 3 is 2.32 bits per heavy atom. The topological polar surface area (TPSA) is 104 Å². The largest absolute Gasteiger partial charge is 0.744 e. The highest BCUT2D eigenvalue weighted by Gasteiger charge is 2.17. The smallest absolute Gasteiger partial charge is 0.389 e. The van der Waals surface area contributed by atoms with Gasteiger partial charge in [0.2, 0.25) is 12.2 Å². The third kappa shape index (κ3) is 3.94. The van der Waals surface area contributed by atoms with Gasteiger partial charge in [-0.3, -0.25) is 0 Å². The number of rotatable bonds is 1. The van der Waals surface area contributed by atoms with Crippen molar-refractivity contribution in [1.82, 2.24) is 0 Å². The summed E-state index contributed by atoms with van der Waals surface area (Å²) in [5, 5.41) is 8.40. The zero-order valence-corrected chi connectivity index (χ0v) is 12.4. The lowest BCUT2D eigenvalue weighted by Gasteiger charge is -2.05. The molecule has 0 spiro atoms. The van der Waals surface area contributed by atoms with Crippen molar-refractivity contribution < 1.29 is 22.4 Å². The van der Waals surface area contributed by atoms with Crippen LogP contribution in [0.1, 0.15) is 5.56 Å². The van der Waals surface area contributed by atoms with Crippen molar-refractivity contribution in [2.45, 2.75) is 11.8 Å². The van der Waals surface area contributed by atoms with Gasteiger partial charge in [0.05, 0.1) is 11.0 Å². The van der Waals surface area contributed by atoms with Gasteiger partial charge in [-0.2, -0.15) is 0 Å². The zero-order chi connectivity index (χ0) is 16.2. The lowest BCUT2D eigenvalue weighted by atomic mass is 10.2. The zero-order valence-electron chi connectivity index (χ0n) is 11.6. The van der Waals surface area contributed by atoms with Gasteiger partial charge in [0.1, 0.15) is 10.1 Å². The van der Waals surface area contributed by atoms with Gasteiger partial charge >= 0.3 is 5.69 Å². The maximum Gasteiger partial charge on any atom is 0.389 e. The molecule has 22 heavy (non-hydrogen) atoms. The van der Waals surface area contributed by atoms with Crippen molar-refractivity contribution in [1.29, 1.82) is 5.39 Å². The van der Waals surface area contributed by atoms with E-state index < -0.39 is 10.1 Å². The first-order valence-electron chi connectivity index (χ1n) is 6.17. The Balaban J connectivity index is 0.000000160. The molecule has 2 aromatic rings. The summed E-state index contributed by atoms with van der Waals surface area (Å²) < 4.78 is 41.3. The van der Waals surface area contributed by atoms with Crippen molar-refractivity contribution >= 4 is 15.8 Å². The Labute approximate surface area is 127 Å². The predicted octanol–water partition coefficient (Wildman–Crippen LogP) is 2.80. The van der Waals surface area contributed by atoms with Crippen LogP contribution in [0.3, 0.4) is 0 Å². The molecule has 1 heterocycles. The van der Waals surface area contributed by atoms with Gasteiger partial charge in [-0.15, -0.1) is 0 Å². The Hall–Kier alpha value is -2.63. The fraction of sp³-hybridized carbons (Fsp3) is 0.143. The highest BCUT2D eigenvalue weighted by Crippen LogP contribution is 2.34. The van der Waals surface area contributed by atoms with Gasteiger partial charge in [-0.1, -0.05) is 17.7 Å². The van der Waals surface area contributed by atoms with Crippen LogP contribution in [0.2, 0.25) is 0 Å². The predicted molar refractivity (Wildman–Crippen MR) is 76.5 cm³/mol. The summed E-state index contributed by atoms with van der Waals surface area (Å²) in [5.74, 6) is 1.32. The molecule has 2 aromatic carbocycles. The van der Waals surface area contributed by atoms with E-state index in [1.165, 1.54) is 12.1 Å². The number of aryl methyl sites for hydroxylation is 1. The van der Waals surface area contributed by atoms with Gasteiger partial charge in [-0.25, -0.2) is 8.42 Å². The van der Waals surface area contributed by atoms with Crippen LogP contribution in [0, 0.1) is 12.3 Å². The summed E-state index contributed by atoms with van der Waals surface area (Å²) in [4.78, 5) is 2.83. The number of ether oxygens (including phenoxy) is 2. The standard InChI is InChI=1S/C7H5N2O2.C7H8O3S/c8-9-5-1-2-6-7(3-5)11-4-10-6;1-6-2-4-7(5-3-6)11(8,9)10/h1-3H,4H2;2-5H,1H3,(H,8,9,10)/q+1;/p-1. The first-order valence-corrected chi connectivity index (χ1v) is 7.58. The van der Waals surface area contributed by atoms with Crippen molar-refractivity contribution in [3.63, 3.8) is 0 Å². The van der Waals surface area contributed by atoms with Crippen LogP contribution in [0.15, 0.2) is 47.4 Å². The number of fused-ring (bicyclic) bond motifs is 1. The van der Waals surface area contributed by atoms with E-state index in [4.69, 9.17) is 14.9 Å². The first kappa shape index (κ1) is 15.8. The quantitative estimate of drug-likeness (QED) is 0.591. The van der Waals surface area contributed by atoms with E-state index in [0.717, 1.165) is 5.56 Å². The van der Waals surface area contributed by atoms with Gasteiger partial charge in [0, 0.05) is 6.07 Å². The number of hydrogen-bond donors (Lipinski definition) is 0. The van der Waals surface area contributed by atoms with Crippen molar-refractivity contribution in [3.05, 3.63) is 53.0 Å². The molecule has 1 aliphatic heterocycles. The molecule has 7 nitrogen and oxygen atoms in total. The molecule has 0 amide bonds. The molecule has 8 heteroatoms. The minimum Gasteiger partial charge on any atom is -0.744 e. The van der Waals surface area contributed by atoms with Crippen molar-refractivity contribution in [2.24, 2.45) is 0 Å². The second kappa shape index (κ2) is 6.43. The van der Waals surface area contributed by atoms with Gasteiger partial charge in [0.15, 0.2) is 16.5 Å². The molecule has 0 aliphatic carbocycles. The maximum atomic E-state index is 10.4. The summed E-state index contributed by atoms with van der Waals surface area (Å²) in [6.07, 6.45) is 0. The van der Waals surface area contributed by atoms with E-state index in [9.17, 15) is 13.0 Å². The number of diazo groups is 1. The minimum atomic E-state index is -4.27. The van der Waals surface area contributed by atoms with Crippen molar-refractivity contribution in [3.8, 4) is 11.5 Å². The molecule has 0 fully saturated rings. The Morgan fingerprint density at radius 1 is 1.09 bits per heavy atom. The summed E-state index contributed by atoms with van der Waals surface area (Å²) in [6.45, 7) is 2.06. The van der Waals surface area contributed by atoms with E-state index in [2.05, 4.69) is 4.98 Å². The molecule has 0 saturated heterocycles. The highest BCUT2D eigenvalue weighted by molar-refractivity contribution is 7.85. The van der Waals surface area contributed by atoms with Gasteiger partial charge in [0.25, 0.3) is 0 Å². The van der Waals surface area contributed by atoms with Crippen LogP contribution >= 0.6 is 0 Å². The van der Waals surface area contributed by atoms with E-state index in [1.54, 1.807) is 30.3 Å². The summed E-state index contributed by atoms with van der Waals surface area (Å²) in [5.41, 5.74) is 1.40. The molecule has 0 bridgehead atoms. The molecule has 114 valence electrons. The van der Waals surface area contributed by atoms with Crippen LogP contribution in [0.25, 0.3) is 4.98 Å². The molecule has 0 atom stereocenters. The van der Waals surface area contributed by atoms with Gasteiger partial charge < -0.3 is 14.0 Å². The lowest BCUT2D eigenvalue weighted by Crippen LogP contribution is -1.97. The monoisotopic (exact) mass is 320 g/mol. The Bertz CT molecular complexity index is 810. The molecule has 0 radical (unpaired) electrons. The summed E-state index contributed by atoms with van der Waals surface area (Å²) in [7, 11) is -4.27. The fourth-order valence-corrected chi connectivity index (χ4v) is 2.12. The summed E-state index contributed by atoms with van der Waals surface area (Å²) in [6, 6.07) is 10.7. The van der Waals surface area contributed by atoms with Gasteiger partial charge in [-0.05, 0) is 25.1 Å². The second-order valence-corrected chi connectivity index (χ2v) is 5.78.